The lowest BCUT2D eigenvalue weighted by atomic mass is 10.0. The number of nitrogens with one attached hydrogen (secondary N) is 2. The highest BCUT2D eigenvalue weighted by Crippen LogP contribution is 2.34. The summed E-state index contributed by atoms with van der Waals surface area (Å²) in [5, 5.41) is 10.6. The van der Waals surface area contributed by atoms with Gasteiger partial charge in [0.15, 0.2) is 0 Å². The van der Waals surface area contributed by atoms with Crippen LogP contribution in [-0.4, -0.2) is 28.7 Å². The van der Waals surface area contributed by atoms with Gasteiger partial charge < -0.3 is 21.1 Å². The fraction of sp³-hybridized carbons (Fsp3) is 0.148. The molecule has 0 radical (unpaired) electrons. The molecule has 0 bridgehead atoms. The van der Waals surface area contributed by atoms with Gasteiger partial charge >= 0.3 is 0 Å². The molecule has 36 heavy (non-hydrogen) atoms. The first-order valence-electron chi connectivity index (χ1n) is 11.4. The first-order valence-corrected chi connectivity index (χ1v) is 11.4. The van der Waals surface area contributed by atoms with E-state index in [1.807, 2.05) is 24.3 Å². The molecule has 0 fully saturated rings. The number of amides is 2. The Bertz CT molecular complexity index is 1480. The molecule has 182 valence electrons. The molecular weight excluding hydrogens is 461 g/mol. The molecule has 9 heteroatoms. The number of nitrogens with zero attached hydrogens (tertiary/aromatic N) is 2. The predicted molar refractivity (Wildman–Crippen MR) is 134 cm³/mol. The normalized spacial score (nSPS) is 12.1. The summed E-state index contributed by atoms with van der Waals surface area (Å²) in [6, 6.07) is 19.1. The van der Waals surface area contributed by atoms with Crippen LogP contribution in [0.4, 0.5) is 15.9 Å². The number of aryl methyl sites for hydroxylation is 2. The van der Waals surface area contributed by atoms with Gasteiger partial charge in [-0.3, -0.25) is 9.59 Å². The van der Waals surface area contributed by atoms with Crippen molar-refractivity contribution >= 4 is 23.3 Å². The zero-order valence-electron chi connectivity index (χ0n) is 19.5. The van der Waals surface area contributed by atoms with Gasteiger partial charge in [-0.2, -0.15) is 5.10 Å². The number of benzene rings is 3. The van der Waals surface area contributed by atoms with Crippen LogP contribution in [0.15, 0.2) is 66.7 Å². The number of hydrogen-bond acceptors (Lipinski definition) is 5. The minimum atomic E-state index is -0.660. The molecule has 5 rings (SSSR count). The maximum atomic E-state index is 15.1. The van der Waals surface area contributed by atoms with Gasteiger partial charge in [-0.25, -0.2) is 9.07 Å². The smallest absolute Gasteiger partial charge is 0.255 e. The van der Waals surface area contributed by atoms with E-state index in [0.717, 1.165) is 11.3 Å². The second kappa shape index (κ2) is 9.53. The van der Waals surface area contributed by atoms with Crippen molar-refractivity contribution in [3.8, 4) is 17.0 Å². The molecule has 0 saturated heterocycles. The molecule has 0 saturated carbocycles. The molecule has 0 atom stereocenters. The Morgan fingerprint density at radius 2 is 1.92 bits per heavy atom. The molecule has 0 aliphatic carbocycles. The molecule has 4 N–H and O–H groups in total. The summed E-state index contributed by atoms with van der Waals surface area (Å²) in [5.74, 6) is -0.663. The standard InChI is InChI=1S/C27H24FN5O3/c1-36-22-9-5-3-7-19(22)27(35)30-15-18-11-10-17(14-20(18)28)24-23(25(29)34)26-31-21-8-4-2-6-16(21)12-13-33(26)32-24/h2-11,14,31H,12-13,15H2,1H3,(H2,29,34)(H,30,35). The van der Waals surface area contributed by atoms with Crippen LogP contribution in [0.3, 0.4) is 0 Å². The molecule has 2 heterocycles. The van der Waals surface area contributed by atoms with Crippen molar-refractivity contribution < 1.29 is 18.7 Å². The van der Waals surface area contributed by atoms with Crippen molar-refractivity contribution in [3.05, 3.63) is 94.8 Å². The van der Waals surface area contributed by atoms with Crippen LogP contribution in [0.5, 0.6) is 5.75 Å². The molecule has 0 spiro atoms. The number of rotatable bonds is 6. The molecule has 8 nitrogen and oxygen atoms in total. The van der Waals surface area contributed by atoms with E-state index in [4.69, 9.17) is 10.5 Å². The van der Waals surface area contributed by atoms with Crippen LogP contribution >= 0.6 is 0 Å². The summed E-state index contributed by atoms with van der Waals surface area (Å²) >= 11 is 0. The zero-order chi connectivity index (χ0) is 25.2. The van der Waals surface area contributed by atoms with Crippen molar-refractivity contribution in [2.24, 2.45) is 5.73 Å². The quantitative estimate of drug-likeness (QED) is 0.382. The van der Waals surface area contributed by atoms with E-state index in [1.54, 1.807) is 41.1 Å². The average Bonchev–Trinajstić information content (AvgIpc) is 3.15. The Morgan fingerprint density at radius 3 is 2.69 bits per heavy atom. The lowest BCUT2D eigenvalue weighted by Crippen LogP contribution is -2.23. The van der Waals surface area contributed by atoms with Crippen LogP contribution in [0.2, 0.25) is 0 Å². The van der Waals surface area contributed by atoms with Crippen LogP contribution in [0.25, 0.3) is 11.3 Å². The van der Waals surface area contributed by atoms with E-state index in [1.165, 1.54) is 13.2 Å². The third-order valence-electron chi connectivity index (χ3n) is 6.18. The number of halogens is 1. The van der Waals surface area contributed by atoms with Gasteiger partial charge in [0.05, 0.1) is 12.7 Å². The lowest BCUT2D eigenvalue weighted by Gasteiger charge is -2.11. The monoisotopic (exact) mass is 485 g/mol. The highest BCUT2D eigenvalue weighted by Gasteiger charge is 2.26. The Morgan fingerprint density at radius 1 is 1.14 bits per heavy atom. The summed E-state index contributed by atoms with van der Waals surface area (Å²) < 4.78 is 22.0. The Labute approximate surface area is 206 Å². The summed E-state index contributed by atoms with van der Waals surface area (Å²) in [4.78, 5) is 25.0. The number of ether oxygens (including phenoxy) is 1. The number of fused-ring (bicyclic) bond motifs is 2. The fourth-order valence-electron chi connectivity index (χ4n) is 4.34. The number of methoxy groups -OCH3 is 1. The molecule has 2 amide bonds. The van der Waals surface area contributed by atoms with Crippen LogP contribution in [0.1, 0.15) is 31.8 Å². The first kappa shape index (κ1) is 23.1. The zero-order valence-corrected chi connectivity index (χ0v) is 19.5. The van der Waals surface area contributed by atoms with E-state index >= 15 is 4.39 Å². The summed E-state index contributed by atoms with van der Waals surface area (Å²) in [7, 11) is 1.48. The molecule has 1 aromatic heterocycles. The first-order chi connectivity index (χ1) is 17.5. The number of carbonyl (C=O) groups excluding carboxylic acids is 2. The Hall–Kier alpha value is -4.66. The lowest BCUT2D eigenvalue weighted by molar-refractivity contribution is 0.0946. The van der Waals surface area contributed by atoms with E-state index in [0.29, 0.717) is 41.4 Å². The summed E-state index contributed by atoms with van der Waals surface area (Å²) in [6.45, 7) is 0.513. The molecule has 3 aromatic carbocycles. The SMILES string of the molecule is COc1ccccc1C(=O)NCc1ccc(-c2nn3c(c2C(N)=O)Nc2ccccc2CC3)cc1F. The van der Waals surface area contributed by atoms with Gasteiger partial charge in [-0.05, 0) is 36.2 Å². The van der Waals surface area contributed by atoms with Gasteiger partial charge in [0, 0.05) is 29.9 Å². The number of aromatic nitrogens is 2. The van der Waals surface area contributed by atoms with Crippen molar-refractivity contribution in [2.45, 2.75) is 19.5 Å². The molecule has 1 aliphatic rings. The number of para-hydroxylation sites is 2. The van der Waals surface area contributed by atoms with Crippen LogP contribution in [-0.2, 0) is 19.5 Å². The highest BCUT2D eigenvalue weighted by molar-refractivity contribution is 6.04. The van der Waals surface area contributed by atoms with Gasteiger partial charge in [0.1, 0.15) is 28.6 Å². The average molecular weight is 486 g/mol. The maximum absolute atomic E-state index is 15.1. The maximum Gasteiger partial charge on any atom is 0.255 e. The van der Waals surface area contributed by atoms with Crippen LogP contribution in [0, 0.1) is 5.82 Å². The van der Waals surface area contributed by atoms with Gasteiger partial charge in [0.2, 0.25) is 0 Å². The highest BCUT2D eigenvalue weighted by atomic mass is 19.1. The molecule has 4 aromatic rings. The minimum absolute atomic E-state index is 0.0241. The second-order valence-corrected chi connectivity index (χ2v) is 8.38. The number of anilines is 2. The number of hydrogen-bond donors (Lipinski definition) is 3. The molecular formula is C27H24FN5O3. The largest absolute Gasteiger partial charge is 0.496 e. The minimum Gasteiger partial charge on any atom is -0.496 e. The number of primary amides is 1. The fourth-order valence-corrected chi connectivity index (χ4v) is 4.34. The van der Waals surface area contributed by atoms with Crippen molar-refractivity contribution in [2.75, 3.05) is 12.4 Å². The number of carbonyl (C=O) groups is 2. The Balaban J connectivity index is 1.41. The summed E-state index contributed by atoms with van der Waals surface area (Å²) in [6.07, 6.45) is 0.717. The third-order valence-corrected chi connectivity index (χ3v) is 6.18. The van der Waals surface area contributed by atoms with E-state index < -0.39 is 11.7 Å². The summed E-state index contributed by atoms with van der Waals surface area (Å²) in [5.41, 5.74) is 9.27. The van der Waals surface area contributed by atoms with Gasteiger partial charge in [0.25, 0.3) is 11.8 Å². The van der Waals surface area contributed by atoms with Crippen molar-refractivity contribution in [1.29, 1.82) is 0 Å². The topological polar surface area (TPSA) is 111 Å². The van der Waals surface area contributed by atoms with Gasteiger partial charge in [-0.15, -0.1) is 0 Å². The molecule has 1 aliphatic heterocycles. The van der Waals surface area contributed by atoms with E-state index in [-0.39, 0.29) is 23.6 Å². The predicted octanol–water partition coefficient (Wildman–Crippen LogP) is 4.03. The van der Waals surface area contributed by atoms with Crippen molar-refractivity contribution in [3.63, 3.8) is 0 Å². The van der Waals surface area contributed by atoms with E-state index in [9.17, 15) is 9.59 Å². The molecule has 0 unspecified atom stereocenters. The van der Waals surface area contributed by atoms with Gasteiger partial charge in [-0.1, -0.05) is 42.5 Å². The van der Waals surface area contributed by atoms with E-state index in [2.05, 4.69) is 15.7 Å². The number of nitrogens with two attached hydrogens (primary N) is 1. The van der Waals surface area contributed by atoms with Crippen molar-refractivity contribution in [1.82, 2.24) is 15.1 Å². The van der Waals surface area contributed by atoms with Crippen LogP contribution < -0.4 is 21.1 Å². The Kier molecular flexibility index (Phi) is 6.12. The second-order valence-electron chi connectivity index (χ2n) is 8.38. The third kappa shape index (κ3) is 4.26.